The zero-order chi connectivity index (χ0) is 13.8. The highest BCUT2D eigenvalue weighted by Crippen LogP contribution is 2.11. The number of H-pyrrole nitrogens is 1. The van der Waals surface area contributed by atoms with Gasteiger partial charge in [0.15, 0.2) is 0 Å². The highest BCUT2D eigenvalue weighted by Gasteiger charge is 2.18. The molecule has 0 saturated carbocycles. The molecule has 0 aliphatic rings. The van der Waals surface area contributed by atoms with Crippen molar-refractivity contribution < 1.29 is 13.5 Å². The zero-order valence-corrected chi connectivity index (χ0v) is 11.4. The minimum absolute atomic E-state index is 0.0105. The van der Waals surface area contributed by atoms with Gasteiger partial charge in [-0.1, -0.05) is 11.6 Å². The molecule has 0 amide bonds. The molecule has 6 nitrogen and oxygen atoms in total. The predicted molar refractivity (Wildman–Crippen MR) is 68.2 cm³/mol. The Morgan fingerprint density at radius 1 is 1.56 bits per heavy atom. The lowest BCUT2D eigenvalue weighted by Gasteiger charge is -2.13. The normalized spacial score (nSPS) is 13.5. The van der Waals surface area contributed by atoms with E-state index in [1.54, 1.807) is 6.92 Å². The van der Waals surface area contributed by atoms with Gasteiger partial charge in [0.1, 0.15) is 5.02 Å². The Kier molecular flexibility index (Phi) is 5.33. The first kappa shape index (κ1) is 15.2. The van der Waals surface area contributed by atoms with Crippen LogP contribution in [0.3, 0.4) is 0 Å². The summed E-state index contributed by atoms with van der Waals surface area (Å²) in [6.07, 6.45) is 2.12. The summed E-state index contributed by atoms with van der Waals surface area (Å²) in [7, 11) is -3.72. The third kappa shape index (κ3) is 4.09. The molecule has 0 fully saturated rings. The second-order valence-electron chi connectivity index (χ2n) is 3.90. The molecule has 1 aromatic heterocycles. The average molecular weight is 295 g/mol. The largest absolute Gasteiger partial charge is 0.396 e. The van der Waals surface area contributed by atoms with Crippen molar-refractivity contribution in [3.8, 4) is 0 Å². The summed E-state index contributed by atoms with van der Waals surface area (Å²) in [5.41, 5.74) is -0.538. The number of rotatable bonds is 6. The molecule has 1 aromatic rings. The van der Waals surface area contributed by atoms with Crippen LogP contribution in [0.25, 0.3) is 0 Å². The van der Waals surface area contributed by atoms with E-state index in [9.17, 15) is 13.2 Å². The van der Waals surface area contributed by atoms with Crippen LogP contribution in [0.2, 0.25) is 5.02 Å². The van der Waals surface area contributed by atoms with Gasteiger partial charge in [-0.3, -0.25) is 4.79 Å². The molecular formula is C10H15ClN2O4S. The fraction of sp³-hybridized carbons (Fsp3) is 0.500. The molecular weight excluding hydrogens is 280 g/mol. The zero-order valence-electron chi connectivity index (χ0n) is 9.81. The number of aliphatic hydroxyl groups is 1. The highest BCUT2D eigenvalue weighted by atomic mass is 35.5. The quantitative estimate of drug-likeness (QED) is 0.710. The Morgan fingerprint density at radius 3 is 2.78 bits per heavy atom. The molecule has 1 unspecified atom stereocenters. The summed E-state index contributed by atoms with van der Waals surface area (Å²) in [5, 5.41) is 8.48. The van der Waals surface area contributed by atoms with Crippen molar-refractivity contribution in [1.29, 1.82) is 0 Å². The molecule has 1 atom stereocenters. The average Bonchev–Trinajstić information content (AvgIpc) is 2.29. The summed E-state index contributed by atoms with van der Waals surface area (Å²) in [5.74, 6) is 0. The molecule has 18 heavy (non-hydrogen) atoms. The van der Waals surface area contributed by atoms with E-state index in [2.05, 4.69) is 9.71 Å². The Labute approximate surface area is 110 Å². The van der Waals surface area contributed by atoms with E-state index in [4.69, 9.17) is 16.7 Å². The summed E-state index contributed by atoms with van der Waals surface area (Å²) in [4.78, 5) is 13.2. The third-order valence-electron chi connectivity index (χ3n) is 2.29. The van der Waals surface area contributed by atoms with E-state index >= 15 is 0 Å². The Balaban J connectivity index is 2.86. The van der Waals surface area contributed by atoms with Gasteiger partial charge in [0.2, 0.25) is 10.0 Å². The maximum Gasteiger partial charge on any atom is 0.266 e. The van der Waals surface area contributed by atoms with Crippen molar-refractivity contribution in [2.45, 2.75) is 30.7 Å². The number of aromatic amines is 1. The number of hydrogen-bond donors (Lipinski definition) is 3. The van der Waals surface area contributed by atoms with E-state index in [-0.39, 0.29) is 22.6 Å². The third-order valence-corrected chi connectivity index (χ3v) is 4.14. The van der Waals surface area contributed by atoms with Crippen LogP contribution in [0.5, 0.6) is 0 Å². The molecule has 1 heterocycles. The van der Waals surface area contributed by atoms with E-state index in [0.717, 1.165) is 12.3 Å². The maximum atomic E-state index is 11.9. The first-order chi connectivity index (χ1) is 8.36. The van der Waals surface area contributed by atoms with E-state index in [0.29, 0.717) is 12.8 Å². The van der Waals surface area contributed by atoms with Crippen molar-refractivity contribution in [1.82, 2.24) is 9.71 Å². The number of aliphatic hydroxyl groups excluding tert-OH is 1. The summed E-state index contributed by atoms with van der Waals surface area (Å²) >= 11 is 5.57. The fourth-order valence-electron chi connectivity index (χ4n) is 1.38. The molecule has 3 N–H and O–H groups in total. The van der Waals surface area contributed by atoms with Crippen molar-refractivity contribution >= 4 is 21.6 Å². The topological polar surface area (TPSA) is 99.3 Å². The van der Waals surface area contributed by atoms with E-state index < -0.39 is 15.6 Å². The number of aromatic nitrogens is 1. The predicted octanol–water partition coefficient (Wildman–Crippen LogP) is 0.468. The lowest BCUT2D eigenvalue weighted by molar-refractivity contribution is 0.279. The molecule has 0 aromatic carbocycles. The molecule has 0 bridgehead atoms. The number of sulfonamides is 1. The highest BCUT2D eigenvalue weighted by molar-refractivity contribution is 7.89. The van der Waals surface area contributed by atoms with Crippen molar-refractivity contribution in [2.75, 3.05) is 6.61 Å². The maximum absolute atomic E-state index is 11.9. The standard InChI is InChI=1S/C10H15ClN2O4S/c1-7(3-2-4-14)13-18(16,17)8-5-9(11)10(15)12-6-8/h5-7,13-14H,2-4H2,1H3,(H,12,15). The van der Waals surface area contributed by atoms with Crippen molar-refractivity contribution in [2.24, 2.45) is 0 Å². The molecule has 102 valence electrons. The molecule has 0 aliphatic heterocycles. The van der Waals surface area contributed by atoms with Crippen LogP contribution in [0.1, 0.15) is 19.8 Å². The summed E-state index contributed by atoms with van der Waals surface area (Å²) in [6, 6.07) is 0.787. The van der Waals surface area contributed by atoms with Gasteiger partial charge in [0, 0.05) is 18.8 Å². The van der Waals surface area contributed by atoms with Crippen LogP contribution in [-0.4, -0.2) is 31.2 Å². The van der Waals surface area contributed by atoms with Crippen LogP contribution < -0.4 is 10.3 Å². The van der Waals surface area contributed by atoms with E-state index in [1.165, 1.54) is 0 Å². The molecule has 0 radical (unpaired) electrons. The molecule has 0 aliphatic carbocycles. The van der Waals surface area contributed by atoms with Crippen LogP contribution in [-0.2, 0) is 10.0 Å². The molecule has 0 saturated heterocycles. The number of nitrogens with one attached hydrogen (secondary N) is 2. The second kappa shape index (κ2) is 6.33. The Morgan fingerprint density at radius 2 is 2.22 bits per heavy atom. The van der Waals surface area contributed by atoms with Gasteiger partial charge in [-0.05, 0) is 25.8 Å². The van der Waals surface area contributed by atoms with Crippen LogP contribution in [0, 0.1) is 0 Å². The van der Waals surface area contributed by atoms with Crippen molar-refractivity contribution in [3.63, 3.8) is 0 Å². The van der Waals surface area contributed by atoms with Crippen molar-refractivity contribution in [3.05, 3.63) is 27.6 Å². The van der Waals surface area contributed by atoms with Gasteiger partial charge in [0.25, 0.3) is 5.56 Å². The molecule has 8 heteroatoms. The molecule has 0 spiro atoms. The van der Waals surface area contributed by atoms with Gasteiger partial charge < -0.3 is 10.1 Å². The monoisotopic (exact) mass is 294 g/mol. The lowest BCUT2D eigenvalue weighted by Crippen LogP contribution is -2.33. The smallest absolute Gasteiger partial charge is 0.266 e. The van der Waals surface area contributed by atoms with Gasteiger partial charge in [-0.15, -0.1) is 0 Å². The van der Waals surface area contributed by atoms with Gasteiger partial charge in [0.05, 0.1) is 4.90 Å². The minimum Gasteiger partial charge on any atom is -0.396 e. The summed E-state index contributed by atoms with van der Waals surface area (Å²) < 4.78 is 26.3. The first-order valence-electron chi connectivity index (χ1n) is 5.38. The SMILES string of the molecule is CC(CCCO)NS(=O)(=O)c1c[nH]c(=O)c(Cl)c1. The number of hydrogen-bond acceptors (Lipinski definition) is 4. The van der Waals surface area contributed by atoms with E-state index in [1.807, 2.05) is 0 Å². The van der Waals surface area contributed by atoms with Gasteiger partial charge in [-0.25, -0.2) is 13.1 Å². The van der Waals surface area contributed by atoms with Crippen LogP contribution >= 0.6 is 11.6 Å². The number of pyridine rings is 1. The Hall–Kier alpha value is -0.890. The van der Waals surface area contributed by atoms with Crippen LogP contribution in [0.4, 0.5) is 0 Å². The van der Waals surface area contributed by atoms with Gasteiger partial charge in [-0.2, -0.15) is 0 Å². The minimum atomic E-state index is -3.72. The fourth-order valence-corrected chi connectivity index (χ4v) is 2.89. The Bertz CT molecular complexity index is 555. The molecule has 1 rings (SSSR count). The second-order valence-corrected chi connectivity index (χ2v) is 6.02. The summed E-state index contributed by atoms with van der Waals surface area (Å²) in [6.45, 7) is 1.71. The number of halogens is 1. The van der Waals surface area contributed by atoms with Gasteiger partial charge >= 0.3 is 0 Å². The first-order valence-corrected chi connectivity index (χ1v) is 7.24. The lowest BCUT2D eigenvalue weighted by atomic mass is 10.2. The van der Waals surface area contributed by atoms with Crippen LogP contribution in [0.15, 0.2) is 22.0 Å².